The molecule has 0 aliphatic heterocycles. The maximum absolute atomic E-state index is 13.1. The summed E-state index contributed by atoms with van der Waals surface area (Å²) in [6, 6.07) is 4.10. The van der Waals surface area contributed by atoms with Gasteiger partial charge in [0.2, 0.25) is 0 Å². The molecule has 0 amide bonds. The molecule has 1 aromatic carbocycles. The van der Waals surface area contributed by atoms with Gasteiger partial charge in [0.25, 0.3) is 0 Å². The lowest BCUT2D eigenvalue weighted by atomic mass is 10.2. The molecular weight excluding hydrogens is 227 g/mol. The molecule has 0 bridgehead atoms. The highest BCUT2D eigenvalue weighted by atomic mass is 32.2. The number of benzene rings is 1. The molecule has 0 saturated heterocycles. The Hall–Kier alpha value is -1.47. The van der Waals surface area contributed by atoms with Crippen molar-refractivity contribution in [1.29, 1.82) is 0 Å². The summed E-state index contributed by atoms with van der Waals surface area (Å²) in [5, 5.41) is 8.73. The van der Waals surface area contributed by atoms with E-state index in [1.54, 1.807) is 13.0 Å². The van der Waals surface area contributed by atoms with E-state index in [1.165, 1.54) is 23.9 Å². The Morgan fingerprint density at radius 2 is 2.31 bits per heavy atom. The fourth-order valence-corrected chi connectivity index (χ4v) is 1.91. The molecule has 0 spiro atoms. The molecule has 0 heterocycles. The topological polar surface area (TPSA) is 37.3 Å². The van der Waals surface area contributed by atoms with Crippen LogP contribution in [-0.4, -0.2) is 16.8 Å². The van der Waals surface area contributed by atoms with Crippen molar-refractivity contribution in [3.8, 4) is 11.8 Å². The van der Waals surface area contributed by atoms with E-state index in [4.69, 9.17) is 5.11 Å². The smallest absolute Gasteiger partial charge is 0.338 e. The van der Waals surface area contributed by atoms with E-state index >= 15 is 0 Å². The monoisotopic (exact) mass is 238 g/mol. The summed E-state index contributed by atoms with van der Waals surface area (Å²) in [5.41, 5.74) is -0.286. The van der Waals surface area contributed by atoms with E-state index in [0.717, 1.165) is 17.1 Å². The number of rotatable bonds is 4. The van der Waals surface area contributed by atoms with Crippen LogP contribution >= 0.6 is 11.8 Å². The van der Waals surface area contributed by atoms with Gasteiger partial charge >= 0.3 is 5.97 Å². The Morgan fingerprint density at radius 1 is 1.56 bits per heavy atom. The van der Waals surface area contributed by atoms with Crippen molar-refractivity contribution in [1.82, 2.24) is 0 Å². The van der Waals surface area contributed by atoms with Gasteiger partial charge in [0.05, 0.1) is 5.56 Å². The lowest BCUT2D eigenvalue weighted by Crippen LogP contribution is -2.00. The van der Waals surface area contributed by atoms with Crippen LogP contribution in [-0.2, 0) is 0 Å². The van der Waals surface area contributed by atoms with Crippen molar-refractivity contribution < 1.29 is 14.3 Å². The first-order chi connectivity index (χ1) is 7.65. The second-order valence-electron chi connectivity index (χ2n) is 2.97. The zero-order valence-corrected chi connectivity index (χ0v) is 9.60. The third kappa shape index (κ3) is 3.59. The van der Waals surface area contributed by atoms with Gasteiger partial charge in [-0.3, -0.25) is 0 Å². The fourth-order valence-electron chi connectivity index (χ4n) is 1.10. The molecule has 0 atom stereocenters. The molecule has 84 valence electrons. The molecule has 4 heteroatoms. The number of aromatic carboxylic acids is 1. The maximum Gasteiger partial charge on any atom is 0.338 e. The number of carboxylic acids is 1. The van der Waals surface area contributed by atoms with Crippen molar-refractivity contribution >= 4 is 17.7 Å². The van der Waals surface area contributed by atoms with Crippen LogP contribution < -0.4 is 0 Å². The van der Waals surface area contributed by atoms with Crippen LogP contribution in [0.15, 0.2) is 23.1 Å². The molecule has 0 aromatic heterocycles. The molecule has 1 N–H and O–H groups in total. The third-order valence-corrected chi connectivity index (χ3v) is 2.84. The average Bonchev–Trinajstić information content (AvgIpc) is 2.26. The Morgan fingerprint density at radius 3 is 2.94 bits per heavy atom. The summed E-state index contributed by atoms with van der Waals surface area (Å²) in [4.78, 5) is 11.4. The summed E-state index contributed by atoms with van der Waals surface area (Å²) in [6.45, 7) is 1.77. The van der Waals surface area contributed by atoms with Crippen molar-refractivity contribution in [3.63, 3.8) is 0 Å². The van der Waals surface area contributed by atoms with Crippen molar-refractivity contribution in [2.24, 2.45) is 0 Å². The molecule has 0 fully saturated rings. The largest absolute Gasteiger partial charge is 0.478 e. The zero-order chi connectivity index (χ0) is 12.0. The van der Waals surface area contributed by atoms with Crippen LogP contribution in [0.5, 0.6) is 0 Å². The first-order valence-corrected chi connectivity index (χ1v) is 5.69. The summed E-state index contributed by atoms with van der Waals surface area (Å²) < 4.78 is 13.1. The van der Waals surface area contributed by atoms with Crippen LogP contribution in [0, 0.1) is 17.7 Å². The number of halogens is 1. The van der Waals surface area contributed by atoms with E-state index in [0.29, 0.717) is 0 Å². The number of hydrogen-bond donors (Lipinski definition) is 1. The maximum atomic E-state index is 13.1. The minimum absolute atomic E-state index is 0.286. The summed E-state index contributed by atoms with van der Waals surface area (Å²) in [7, 11) is 0. The molecular formula is C12H11FO2S. The van der Waals surface area contributed by atoms with Gasteiger partial charge in [-0.05, 0) is 25.1 Å². The average molecular weight is 238 g/mol. The Labute approximate surface area is 97.9 Å². The van der Waals surface area contributed by atoms with Crippen LogP contribution in [0.2, 0.25) is 0 Å². The van der Waals surface area contributed by atoms with Gasteiger partial charge in [0.1, 0.15) is 5.82 Å². The highest BCUT2D eigenvalue weighted by Crippen LogP contribution is 2.21. The molecule has 0 unspecified atom stereocenters. The molecule has 1 rings (SSSR count). The van der Waals surface area contributed by atoms with Gasteiger partial charge in [-0.15, -0.1) is 23.6 Å². The van der Waals surface area contributed by atoms with Gasteiger partial charge in [-0.1, -0.05) is 0 Å². The zero-order valence-electron chi connectivity index (χ0n) is 8.79. The van der Waals surface area contributed by atoms with Crippen molar-refractivity contribution in [2.75, 3.05) is 5.75 Å². The predicted molar refractivity (Wildman–Crippen MR) is 62.2 cm³/mol. The van der Waals surface area contributed by atoms with Crippen molar-refractivity contribution in [2.45, 2.75) is 18.2 Å². The Balaban J connectivity index is 2.70. The van der Waals surface area contributed by atoms with Gasteiger partial charge in [-0.2, -0.15) is 0 Å². The van der Waals surface area contributed by atoms with Gasteiger partial charge in [0.15, 0.2) is 0 Å². The molecule has 16 heavy (non-hydrogen) atoms. The van der Waals surface area contributed by atoms with Crippen LogP contribution in [0.4, 0.5) is 4.39 Å². The lowest BCUT2D eigenvalue weighted by molar-refractivity contribution is 0.0691. The van der Waals surface area contributed by atoms with Crippen LogP contribution in [0.25, 0.3) is 0 Å². The van der Waals surface area contributed by atoms with E-state index in [-0.39, 0.29) is 5.56 Å². The van der Waals surface area contributed by atoms with Gasteiger partial charge < -0.3 is 5.11 Å². The highest BCUT2D eigenvalue weighted by molar-refractivity contribution is 7.99. The van der Waals surface area contributed by atoms with Crippen LogP contribution in [0.1, 0.15) is 23.7 Å². The standard InChI is InChI=1S/C12H11FO2S/c1-2-3-4-7-16-9-5-6-11(13)10(8-9)12(14)15/h5-6,8H,4,7H2,1H3,(H,14,15). The molecule has 0 aliphatic rings. The van der Waals surface area contributed by atoms with Crippen LogP contribution in [0.3, 0.4) is 0 Å². The predicted octanol–water partition coefficient (Wildman–Crippen LogP) is 3.03. The first-order valence-electron chi connectivity index (χ1n) is 4.70. The number of carboxylic acid groups (broad SMARTS) is 1. The Kier molecular flexibility index (Phi) is 4.87. The number of hydrogen-bond acceptors (Lipinski definition) is 2. The number of carbonyl (C=O) groups is 1. The normalized spacial score (nSPS) is 9.38. The fraction of sp³-hybridized carbons (Fsp3) is 0.250. The van der Waals surface area contributed by atoms with E-state index in [2.05, 4.69) is 11.8 Å². The highest BCUT2D eigenvalue weighted by Gasteiger charge is 2.10. The molecule has 1 aromatic rings. The minimum Gasteiger partial charge on any atom is -0.478 e. The minimum atomic E-state index is -1.24. The van der Waals surface area contributed by atoms with E-state index < -0.39 is 11.8 Å². The molecule has 0 radical (unpaired) electrons. The number of thioether (sulfide) groups is 1. The second-order valence-corrected chi connectivity index (χ2v) is 4.14. The quantitative estimate of drug-likeness (QED) is 0.497. The van der Waals surface area contributed by atoms with E-state index in [1.807, 2.05) is 0 Å². The summed E-state index contributed by atoms with van der Waals surface area (Å²) in [6.07, 6.45) is 0.737. The lowest BCUT2D eigenvalue weighted by Gasteiger charge is -2.02. The molecule has 2 nitrogen and oxygen atoms in total. The van der Waals surface area contributed by atoms with Crippen molar-refractivity contribution in [3.05, 3.63) is 29.6 Å². The SMILES string of the molecule is CC#CCCSc1ccc(F)c(C(=O)O)c1. The molecule has 0 saturated carbocycles. The summed E-state index contributed by atoms with van der Waals surface area (Å²) in [5.74, 6) is 4.50. The van der Waals surface area contributed by atoms with E-state index in [9.17, 15) is 9.18 Å². The molecule has 0 aliphatic carbocycles. The van der Waals surface area contributed by atoms with Gasteiger partial charge in [-0.25, -0.2) is 9.18 Å². The summed E-state index contributed by atoms with van der Waals surface area (Å²) >= 11 is 1.47. The Bertz CT molecular complexity index is 446. The first kappa shape index (κ1) is 12.6. The van der Waals surface area contributed by atoms with Gasteiger partial charge in [0, 0.05) is 17.1 Å². The second kappa shape index (κ2) is 6.19. The third-order valence-electron chi connectivity index (χ3n) is 1.84.